The van der Waals surface area contributed by atoms with Crippen LogP contribution in [0.5, 0.6) is 11.5 Å². The zero-order valence-corrected chi connectivity index (χ0v) is 17.9. The van der Waals surface area contributed by atoms with Crippen molar-refractivity contribution in [2.75, 3.05) is 18.9 Å². The number of carbonyl (C=O) groups excluding carboxylic acids is 1. The van der Waals surface area contributed by atoms with E-state index in [9.17, 15) is 22.0 Å². The van der Waals surface area contributed by atoms with Crippen molar-refractivity contribution in [3.8, 4) is 22.6 Å². The molecule has 0 aliphatic heterocycles. The van der Waals surface area contributed by atoms with E-state index in [-0.39, 0.29) is 27.5 Å². The summed E-state index contributed by atoms with van der Waals surface area (Å²) >= 11 is 0. The first-order valence-electron chi connectivity index (χ1n) is 9.18. The van der Waals surface area contributed by atoms with Gasteiger partial charge in [-0.3, -0.25) is 4.72 Å². The molecule has 0 saturated carbocycles. The number of rotatable bonds is 8. The van der Waals surface area contributed by atoms with Gasteiger partial charge in [0.25, 0.3) is 10.0 Å². The normalized spacial score (nSPS) is 11.2. The van der Waals surface area contributed by atoms with Crippen LogP contribution in [0.15, 0.2) is 71.6 Å². The van der Waals surface area contributed by atoms with Crippen LogP contribution in [0.25, 0.3) is 11.1 Å². The van der Waals surface area contributed by atoms with Crippen molar-refractivity contribution in [2.24, 2.45) is 0 Å². The van der Waals surface area contributed by atoms with Crippen LogP contribution in [0, 0.1) is 0 Å². The lowest BCUT2D eigenvalue weighted by molar-refractivity contribution is -0.0494. The van der Waals surface area contributed by atoms with Crippen molar-refractivity contribution in [2.45, 2.75) is 11.5 Å². The first-order chi connectivity index (χ1) is 15.2. The van der Waals surface area contributed by atoms with E-state index in [4.69, 9.17) is 4.74 Å². The maximum Gasteiger partial charge on any atom is 0.387 e. The number of hydrogen-bond acceptors (Lipinski definition) is 6. The fourth-order valence-corrected chi connectivity index (χ4v) is 4.01. The Bertz CT molecular complexity index is 1210. The summed E-state index contributed by atoms with van der Waals surface area (Å²) in [6, 6.07) is 15.8. The predicted octanol–water partition coefficient (Wildman–Crippen LogP) is 4.55. The molecular formula is C22H19F2NO6S. The molecule has 0 radical (unpaired) electrons. The van der Waals surface area contributed by atoms with Gasteiger partial charge < -0.3 is 14.2 Å². The quantitative estimate of drug-likeness (QED) is 0.493. The maximum atomic E-state index is 12.9. The second-order valence-corrected chi connectivity index (χ2v) is 8.13. The molecule has 0 bridgehead atoms. The molecule has 0 spiro atoms. The van der Waals surface area contributed by atoms with Gasteiger partial charge in [0, 0.05) is 11.3 Å². The number of anilines is 1. The van der Waals surface area contributed by atoms with E-state index in [0.717, 1.165) is 0 Å². The number of benzene rings is 3. The number of halogens is 2. The van der Waals surface area contributed by atoms with E-state index in [1.165, 1.54) is 56.7 Å². The second kappa shape index (κ2) is 9.65. The van der Waals surface area contributed by atoms with Crippen molar-refractivity contribution in [1.82, 2.24) is 0 Å². The SMILES string of the molecule is COC(=O)c1cccc(S(=O)(=O)Nc2ccc(OC(F)F)c(-c3ccc(OC)cc3)c2)c1. The molecule has 0 aliphatic carbocycles. The molecule has 0 fully saturated rings. The standard InChI is InChI=1S/C22H19F2NO6S/c1-29-17-9-6-14(7-10-17)19-13-16(8-11-20(19)31-22(23)24)25-32(27,28)18-5-3-4-15(12-18)21(26)30-2/h3-13,22,25H,1-2H3. The largest absolute Gasteiger partial charge is 0.497 e. The fourth-order valence-electron chi connectivity index (χ4n) is 2.91. The van der Waals surface area contributed by atoms with Crippen molar-refractivity contribution in [1.29, 1.82) is 0 Å². The molecule has 0 amide bonds. The van der Waals surface area contributed by atoms with E-state index < -0.39 is 22.6 Å². The zero-order valence-electron chi connectivity index (χ0n) is 17.0. The van der Waals surface area contributed by atoms with Gasteiger partial charge in [-0.15, -0.1) is 0 Å². The highest BCUT2D eigenvalue weighted by Crippen LogP contribution is 2.35. The fraction of sp³-hybridized carbons (Fsp3) is 0.136. The van der Waals surface area contributed by atoms with Gasteiger partial charge in [-0.25, -0.2) is 13.2 Å². The van der Waals surface area contributed by atoms with Crippen molar-refractivity contribution in [3.05, 3.63) is 72.3 Å². The average Bonchev–Trinajstić information content (AvgIpc) is 2.79. The summed E-state index contributed by atoms with van der Waals surface area (Å²) in [6.07, 6.45) is 0. The Morgan fingerprint density at radius 1 is 0.969 bits per heavy atom. The van der Waals surface area contributed by atoms with Gasteiger partial charge in [-0.1, -0.05) is 18.2 Å². The minimum atomic E-state index is -4.09. The Labute approximate surface area is 183 Å². The van der Waals surface area contributed by atoms with E-state index in [1.807, 2.05) is 0 Å². The highest BCUT2D eigenvalue weighted by Gasteiger charge is 2.19. The second-order valence-electron chi connectivity index (χ2n) is 6.44. The van der Waals surface area contributed by atoms with Gasteiger partial charge >= 0.3 is 12.6 Å². The molecule has 0 aromatic heterocycles. The number of ether oxygens (including phenoxy) is 3. The molecule has 3 rings (SSSR count). The Kier molecular flexibility index (Phi) is 6.94. The number of esters is 1. The minimum Gasteiger partial charge on any atom is -0.497 e. The Morgan fingerprint density at radius 3 is 2.31 bits per heavy atom. The summed E-state index contributed by atoms with van der Waals surface area (Å²) in [4.78, 5) is 11.5. The number of nitrogens with one attached hydrogen (secondary N) is 1. The van der Waals surface area contributed by atoms with Gasteiger partial charge in [0.1, 0.15) is 11.5 Å². The molecule has 0 atom stereocenters. The first-order valence-corrected chi connectivity index (χ1v) is 10.7. The molecule has 1 N–H and O–H groups in total. The van der Waals surface area contributed by atoms with Gasteiger partial charge in [-0.05, 0) is 54.1 Å². The number of alkyl halides is 2. The third kappa shape index (κ3) is 5.33. The molecule has 10 heteroatoms. The first kappa shape index (κ1) is 23.0. The van der Waals surface area contributed by atoms with E-state index in [2.05, 4.69) is 14.2 Å². The van der Waals surface area contributed by atoms with Crippen molar-refractivity contribution >= 4 is 21.7 Å². The molecule has 0 unspecified atom stereocenters. The van der Waals surface area contributed by atoms with Gasteiger partial charge in [0.2, 0.25) is 0 Å². The lowest BCUT2D eigenvalue weighted by Crippen LogP contribution is -2.14. The van der Waals surface area contributed by atoms with Crippen LogP contribution in [0.4, 0.5) is 14.5 Å². The van der Waals surface area contributed by atoms with Gasteiger partial charge in [-0.2, -0.15) is 8.78 Å². The van der Waals surface area contributed by atoms with E-state index in [1.54, 1.807) is 24.3 Å². The number of methoxy groups -OCH3 is 2. The topological polar surface area (TPSA) is 90.9 Å². The Morgan fingerprint density at radius 2 is 1.69 bits per heavy atom. The third-order valence-electron chi connectivity index (χ3n) is 4.41. The summed E-state index contributed by atoms with van der Waals surface area (Å²) in [7, 11) is -1.41. The molecule has 0 saturated heterocycles. The highest BCUT2D eigenvalue weighted by atomic mass is 32.2. The van der Waals surface area contributed by atoms with E-state index in [0.29, 0.717) is 11.3 Å². The molecule has 0 aliphatic rings. The number of carbonyl (C=O) groups is 1. The van der Waals surface area contributed by atoms with Gasteiger partial charge in [0.05, 0.1) is 24.7 Å². The van der Waals surface area contributed by atoms with Crippen molar-refractivity contribution < 1.29 is 36.2 Å². The molecule has 3 aromatic rings. The lowest BCUT2D eigenvalue weighted by Gasteiger charge is -2.15. The molecule has 3 aromatic carbocycles. The zero-order chi connectivity index (χ0) is 23.3. The summed E-state index contributed by atoms with van der Waals surface area (Å²) in [6.45, 7) is -3.06. The minimum absolute atomic E-state index is 0.0648. The monoisotopic (exact) mass is 463 g/mol. The molecule has 32 heavy (non-hydrogen) atoms. The molecule has 168 valence electrons. The van der Waals surface area contributed by atoms with Crippen LogP contribution >= 0.6 is 0 Å². The Hall–Kier alpha value is -3.66. The van der Waals surface area contributed by atoms with Crippen LogP contribution in [0.2, 0.25) is 0 Å². The van der Waals surface area contributed by atoms with Crippen LogP contribution in [-0.2, 0) is 14.8 Å². The summed E-state index contributed by atoms with van der Waals surface area (Å²) in [5, 5.41) is 0. The predicted molar refractivity (Wildman–Crippen MR) is 114 cm³/mol. The highest BCUT2D eigenvalue weighted by molar-refractivity contribution is 7.92. The van der Waals surface area contributed by atoms with Crippen LogP contribution in [-0.4, -0.2) is 35.2 Å². The summed E-state index contributed by atoms with van der Waals surface area (Å²) in [5.41, 5.74) is 0.933. The molecular weight excluding hydrogens is 444 g/mol. The molecule has 7 nitrogen and oxygen atoms in total. The Balaban J connectivity index is 1.98. The average molecular weight is 463 g/mol. The van der Waals surface area contributed by atoms with E-state index >= 15 is 0 Å². The smallest absolute Gasteiger partial charge is 0.387 e. The van der Waals surface area contributed by atoms with Crippen LogP contribution < -0.4 is 14.2 Å². The number of hydrogen-bond donors (Lipinski definition) is 1. The lowest BCUT2D eigenvalue weighted by atomic mass is 10.0. The van der Waals surface area contributed by atoms with Crippen LogP contribution in [0.1, 0.15) is 10.4 Å². The third-order valence-corrected chi connectivity index (χ3v) is 5.79. The maximum absolute atomic E-state index is 12.9. The van der Waals surface area contributed by atoms with Gasteiger partial charge in [0.15, 0.2) is 0 Å². The summed E-state index contributed by atoms with van der Waals surface area (Å²) < 4.78 is 68.1. The van der Waals surface area contributed by atoms with Crippen LogP contribution in [0.3, 0.4) is 0 Å². The van der Waals surface area contributed by atoms with Crippen molar-refractivity contribution in [3.63, 3.8) is 0 Å². The molecule has 0 heterocycles. The summed E-state index contributed by atoms with van der Waals surface area (Å²) in [5.74, 6) is -0.245. The number of sulfonamides is 1.